The van der Waals surface area contributed by atoms with Crippen LogP contribution in [-0.4, -0.2) is 54.0 Å². The summed E-state index contributed by atoms with van der Waals surface area (Å²) in [6.07, 6.45) is 3.14. The van der Waals surface area contributed by atoms with Crippen LogP contribution in [0.4, 0.5) is 5.95 Å². The van der Waals surface area contributed by atoms with Gasteiger partial charge >= 0.3 is 0 Å². The smallest absolute Gasteiger partial charge is 0.243 e. The Kier molecular flexibility index (Phi) is 7.90. The summed E-state index contributed by atoms with van der Waals surface area (Å²) >= 11 is 5.96. The summed E-state index contributed by atoms with van der Waals surface area (Å²) in [6, 6.07) is 25.0. The Bertz CT molecular complexity index is 1490. The number of carbonyl (C=O) groups excluding carboxylic acids is 1. The lowest BCUT2D eigenvalue weighted by Crippen LogP contribution is -2.42. The largest absolute Gasteiger partial charge is 0.377 e. The number of benzene rings is 3. The molecule has 1 fully saturated rings. The first-order chi connectivity index (χ1) is 18.4. The summed E-state index contributed by atoms with van der Waals surface area (Å²) in [5, 5.41) is 3.26. The lowest BCUT2D eigenvalue weighted by Gasteiger charge is -2.24. The molecule has 5 rings (SSSR count). The monoisotopic (exact) mass is 550 g/mol. The Balaban J connectivity index is 1.43. The molecule has 0 spiro atoms. The molecule has 1 aromatic heterocycles. The fourth-order valence-electron chi connectivity index (χ4n) is 4.34. The van der Waals surface area contributed by atoms with E-state index in [0.717, 1.165) is 28.4 Å². The van der Waals surface area contributed by atoms with Gasteiger partial charge in [0.05, 0.1) is 23.2 Å². The van der Waals surface area contributed by atoms with Crippen LogP contribution in [0.3, 0.4) is 0 Å². The van der Waals surface area contributed by atoms with E-state index in [1.807, 2.05) is 66.9 Å². The number of imidazole rings is 1. The van der Waals surface area contributed by atoms with Gasteiger partial charge in [-0.3, -0.25) is 14.7 Å². The number of amides is 1. The average Bonchev–Trinajstić information content (AvgIpc) is 3.60. The van der Waals surface area contributed by atoms with E-state index in [4.69, 9.17) is 16.3 Å². The van der Waals surface area contributed by atoms with E-state index in [9.17, 15) is 13.2 Å². The van der Waals surface area contributed by atoms with Crippen molar-refractivity contribution in [2.24, 2.45) is 0 Å². The van der Waals surface area contributed by atoms with Crippen LogP contribution in [-0.2, 0) is 19.6 Å². The third-order valence-corrected chi connectivity index (χ3v) is 8.34. The highest BCUT2D eigenvalue weighted by atomic mass is 35.5. The van der Waals surface area contributed by atoms with Crippen molar-refractivity contribution in [1.29, 1.82) is 0 Å². The van der Waals surface area contributed by atoms with Crippen LogP contribution < -0.4 is 5.32 Å². The fourth-order valence-corrected chi connectivity index (χ4v) is 5.90. The molecule has 196 valence electrons. The fraction of sp³-hybridized carbons (Fsp3) is 0.214. The zero-order valence-corrected chi connectivity index (χ0v) is 22.1. The first kappa shape index (κ1) is 26.1. The Morgan fingerprint density at radius 2 is 1.71 bits per heavy atom. The lowest BCUT2D eigenvalue weighted by molar-refractivity contribution is -0.116. The maximum absolute atomic E-state index is 13.5. The molecule has 0 unspecified atom stereocenters. The molecular weight excluding hydrogens is 524 g/mol. The molecule has 1 N–H and O–H groups in total. The van der Waals surface area contributed by atoms with Gasteiger partial charge in [-0.25, -0.2) is 13.4 Å². The standard InChI is InChI=1S/C28H27ClN4O4S/c29-22-13-15-25(16-14-22)38(35,36)32(18-24-12-7-17-37-24)20-27(34)31-28-30-26(21-8-3-1-4-9-21)19-33(28)23-10-5-2-6-11-23/h1-6,8-11,13-16,19,24H,7,12,17-18,20H2,(H,30,31,34)/t24-/m1/s1. The second-order valence-corrected chi connectivity index (χ2v) is 11.3. The number of anilines is 1. The average molecular weight is 551 g/mol. The van der Waals surface area contributed by atoms with E-state index in [-0.39, 0.29) is 17.5 Å². The molecule has 2 heterocycles. The summed E-state index contributed by atoms with van der Waals surface area (Å²) in [4.78, 5) is 18.0. The minimum Gasteiger partial charge on any atom is -0.377 e. The predicted molar refractivity (Wildman–Crippen MR) is 147 cm³/mol. The second-order valence-electron chi connectivity index (χ2n) is 8.96. The number of nitrogens with zero attached hydrogens (tertiary/aromatic N) is 3. The minimum atomic E-state index is -3.99. The van der Waals surface area contributed by atoms with Gasteiger partial charge in [-0.05, 0) is 49.2 Å². The van der Waals surface area contributed by atoms with Crippen molar-refractivity contribution in [3.8, 4) is 16.9 Å². The van der Waals surface area contributed by atoms with Gasteiger partial charge in [0.15, 0.2) is 0 Å². The summed E-state index contributed by atoms with van der Waals surface area (Å²) < 4.78 is 35.7. The highest BCUT2D eigenvalue weighted by Crippen LogP contribution is 2.25. The molecule has 1 aliphatic heterocycles. The molecule has 4 aromatic rings. The van der Waals surface area contributed by atoms with Gasteiger partial charge in [0, 0.05) is 35.6 Å². The van der Waals surface area contributed by atoms with Crippen molar-refractivity contribution in [2.45, 2.75) is 23.8 Å². The zero-order valence-electron chi connectivity index (χ0n) is 20.5. The van der Waals surface area contributed by atoms with Gasteiger partial charge < -0.3 is 4.74 Å². The SMILES string of the molecule is O=C(CN(C[C@H]1CCCO1)S(=O)(=O)c1ccc(Cl)cc1)Nc1nc(-c2ccccc2)cn1-c1ccccc1. The molecule has 3 aromatic carbocycles. The van der Waals surface area contributed by atoms with Crippen molar-refractivity contribution < 1.29 is 17.9 Å². The van der Waals surface area contributed by atoms with E-state index in [2.05, 4.69) is 10.3 Å². The molecule has 1 saturated heterocycles. The van der Waals surface area contributed by atoms with Gasteiger partial charge in [0.2, 0.25) is 21.9 Å². The summed E-state index contributed by atoms with van der Waals surface area (Å²) in [5.41, 5.74) is 2.38. The van der Waals surface area contributed by atoms with Crippen LogP contribution in [0.15, 0.2) is 96.0 Å². The van der Waals surface area contributed by atoms with Crippen LogP contribution in [0.25, 0.3) is 16.9 Å². The quantitative estimate of drug-likeness (QED) is 0.316. The van der Waals surface area contributed by atoms with Crippen molar-refractivity contribution in [3.05, 3.63) is 96.1 Å². The number of carbonyl (C=O) groups is 1. The van der Waals surface area contributed by atoms with Crippen LogP contribution in [0, 0.1) is 0 Å². The molecule has 0 saturated carbocycles. The highest BCUT2D eigenvalue weighted by Gasteiger charge is 2.31. The zero-order chi connectivity index (χ0) is 26.5. The molecule has 0 bridgehead atoms. The van der Waals surface area contributed by atoms with Crippen LogP contribution in [0.1, 0.15) is 12.8 Å². The number of para-hydroxylation sites is 1. The Morgan fingerprint density at radius 1 is 1.03 bits per heavy atom. The highest BCUT2D eigenvalue weighted by molar-refractivity contribution is 7.89. The molecule has 10 heteroatoms. The maximum atomic E-state index is 13.5. The summed E-state index contributed by atoms with van der Waals surface area (Å²) in [7, 11) is -3.99. The van der Waals surface area contributed by atoms with Gasteiger partial charge in [0.25, 0.3) is 0 Å². The number of hydrogen-bond acceptors (Lipinski definition) is 5. The first-order valence-corrected chi connectivity index (χ1v) is 14.1. The van der Waals surface area contributed by atoms with E-state index in [0.29, 0.717) is 23.3 Å². The van der Waals surface area contributed by atoms with Crippen LogP contribution >= 0.6 is 11.6 Å². The van der Waals surface area contributed by atoms with Crippen molar-refractivity contribution >= 4 is 33.5 Å². The lowest BCUT2D eigenvalue weighted by atomic mass is 10.2. The van der Waals surface area contributed by atoms with Gasteiger partial charge in [-0.2, -0.15) is 4.31 Å². The van der Waals surface area contributed by atoms with E-state index in [1.54, 1.807) is 4.57 Å². The summed E-state index contributed by atoms with van der Waals surface area (Å²) in [5.74, 6) is -0.219. The van der Waals surface area contributed by atoms with E-state index in [1.165, 1.54) is 24.3 Å². The minimum absolute atomic E-state index is 0.0600. The number of ether oxygens (including phenoxy) is 1. The number of rotatable bonds is 9. The molecule has 8 nitrogen and oxygen atoms in total. The van der Waals surface area contributed by atoms with Gasteiger partial charge in [-0.1, -0.05) is 60.1 Å². The summed E-state index contributed by atoms with van der Waals surface area (Å²) in [6.45, 7) is 0.246. The molecule has 1 aliphatic rings. The maximum Gasteiger partial charge on any atom is 0.243 e. The van der Waals surface area contributed by atoms with Crippen LogP contribution in [0.2, 0.25) is 5.02 Å². The number of aromatic nitrogens is 2. The van der Waals surface area contributed by atoms with Crippen molar-refractivity contribution in [3.63, 3.8) is 0 Å². The number of nitrogens with one attached hydrogen (secondary N) is 1. The number of hydrogen-bond donors (Lipinski definition) is 1. The predicted octanol–water partition coefficient (Wildman–Crippen LogP) is 5.00. The Morgan fingerprint density at radius 3 is 2.37 bits per heavy atom. The number of halogens is 1. The third kappa shape index (κ3) is 5.97. The normalized spacial score (nSPS) is 15.6. The third-order valence-electron chi connectivity index (χ3n) is 6.26. The first-order valence-electron chi connectivity index (χ1n) is 12.3. The van der Waals surface area contributed by atoms with E-state index < -0.39 is 22.5 Å². The Labute approximate surface area is 226 Å². The van der Waals surface area contributed by atoms with Crippen LogP contribution in [0.5, 0.6) is 0 Å². The molecular formula is C28H27ClN4O4S. The molecule has 1 amide bonds. The van der Waals surface area contributed by atoms with E-state index >= 15 is 0 Å². The topological polar surface area (TPSA) is 93.5 Å². The molecule has 0 aliphatic carbocycles. The molecule has 0 radical (unpaired) electrons. The van der Waals surface area contributed by atoms with Crippen molar-refractivity contribution in [2.75, 3.05) is 25.0 Å². The second kappa shape index (κ2) is 11.5. The van der Waals surface area contributed by atoms with Gasteiger partial charge in [-0.15, -0.1) is 0 Å². The molecule has 38 heavy (non-hydrogen) atoms. The van der Waals surface area contributed by atoms with Gasteiger partial charge in [0.1, 0.15) is 0 Å². The number of sulfonamides is 1. The Hall–Kier alpha value is -3.50. The molecule has 1 atom stereocenters. The van der Waals surface area contributed by atoms with Crippen molar-refractivity contribution in [1.82, 2.24) is 13.9 Å².